The number of allylic oxidation sites excluding steroid dienone is 4. The SMILES string of the molecule is CCCCCCCCCCCCCCCC/C(C)=C/CC1=C(C)C(=O)c2ccccc2C1=O. The fourth-order valence-corrected chi connectivity index (χ4v) is 4.77. The molecule has 0 amide bonds. The molecule has 2 rings (SSSR count). The van der Waals surface area contributed by atoms with E-state index in [9.17, 15) is 9.59 Å². The minimum Gasteiger partial charge on any atom is -0.289 e. The highest BCUT2D eigenvalue weighted by Gasteiger charge is 2.28. The number of rotatable bonds is 17. The van der Waals surface area contributed by atoms with Crippen LogP contribution in [0.15, 0.2) is 47.1 Å². The molecule has 0 radical (unpaired) electrons. The summed E-state index contributed by atoms with van der Waals surface area (Å²) in [7, 11) is 0. The Hall–Kier alpha value is -1.96. The fourth-order valence-electron chi connectivity index (χ4n) is 4.77. The number of hydrogen-bond donors (Lipinski definition) is 0. The van der Waals surface area contributed by atoms with Crippen LogP contribution in [0.25, 0.3) is 0 Å². The number of unbranched alkanes of at least 4 members (excludes halogenated alkanes) is 13. The van der Waals surface area contributed by atoms with Crippen molar-refractivity contribution in [2.24, 2.45) is 0 Å². The Bertz CT molecular complexity index is 812. The summed E-state index contributed by atoms with van der Waals surface area (Å²) in [5.41, 5.74) is 3.71. The van der Waals surface area contributed by atoms with Gasteiger partial charge in [0.15, 0.2) is 11.6 Å². The molecule has 182 valence electrons. The molecule has 0 fully saturated rings. The summed E-state index contributed by atoms with van der Waals surface area (Å²) in [6, 6.07) is 7.18. The molecule has 0 saturated heterocycles. The number of ketones is 2. The molecule has 0 unspecified atom stereocenters. The van der Waals surface area contributed by atoms with Gasteiger partial charge in [-0.1, -0.05) is 126 Å². The van der Waals surface area contributed by atoms with E-state index >= 15 is 0 Å². The predicted octanol–water partition coefficient (Wildman–Crippen LogP) is 9.59. The molecule has 0 spiro atoms. The molecule has 1 aliphatic carbocycles. The van der Waals surface area contributed by atoms with Crippen LogP contribution in [0, 0.1) is 0 Å². The summed E-state index contributed by atoms with van der Waals surface area (Å²) in [4.78, 5) is 25.4. The molecule has 1 aliphatic rings. The molecule has 0 aromatic heterocycles. The van der Waals surface area contributed by atoms with Gasteiger partial charge in [0, 0.05) is 22.3 Å². The molecule has 0 atom stereocenters. The zero-order valence-electron chi connectivity index (χ0n) is 21.5. The third kappa shape index (κ3) is 9.43. The lowest BCUT2D eigenvalue weighted by molar-refractivity contribution is 0.0973. The van der Waals surface area contributed by atoms with Crippen molar-refractivity contribution in [2.75, 3.05) is 0 Å². The third-order valence-electron chi connectivity index (χ3n) is 7.06. The Balaban J connectivity index is 1.55. The van der Waals surface area contributed by atoms with Crippen molar-refractivity contribution in [1.29, 1.82) is 0 Å². The van der Waals surface area contributed by atoms with E-state index in [0.717, 1.165) is 6.42 Å². The average molecular weight is 451 g/mol. The standard InChI is InChI=1S/C31H46O2/c1-4-5-6-7-8-9-10-11-12-13-14-15-16-17-20-25(2)23-24-27-26(3)30(32)28-21-18-19-22-29(28)31(27)33/h18-19,21-23H,4-17,20,24H2,1-3H3/b25-23+. The Morgan fingerprint density at radius 1 is 0.697 bits per heavy atom. The van der Waals surface area contributed by atoms with Crippen LogP contribution < -0.4 is 0 Å². The number of carbonyl (C=O) groups is 2. The van der Waals surface area contributed by atoms with Crippen LogP contribution in [-0.2, 0) is 0 Å². The van der Waals surface area contributed by atoms with Crippen LogP contribution in [-0.4, -0.2) is 11.6 Å². The van der Waals surface area contributed by atoms with Crippen LogP contribution in [0.2, 0.25) is 0 Å². The average Bonchev–Trinajstić information content (AvgIpc) is 2.82. The van der Waals surface area contributed by atoms with E-state index in [1.54, 1.807) is 19.1 Å². The van der Waals surface area contributed by atoms with Gasteiger partial charge in [0.2, 0.25) is 0 Å². The zero-order valence-corrected chi connectivity index (χ0v) is 21.5. The first-order chi connectivity index (χ1) is 16.1. The van der Waals surface area contributed by atoms with Crippen molar-refractivity contribution >= 4 is 11.6 Å². The lowest BCUT2D eigenvalue weighted by Crippen LogP contribution is -2.20. The first kappa shape index (κ1) is 27.3. The molecule has 0 bridgehead atoms. The predicted molar refractivity (Wildman–Crippen MR) is 141 cm³/mol. The van der Waals surface area contributed by atoms with Gasteiger partial charge in [-0.05, 0) is 33.1 Å². The second-order valence-electron chi connectivity index (χ2n) is 9.91. The van der Waals surface area contributed by atoms with Crippen molar-refractivity contribution in [3.63, 3.8) is 0 Å². The van der Waals surface area contributed by atoms with Crippen molar-refractivity contribution in [3.05, 3.63) is 58.2 Å². The molecule has 0 N–H and O–H groups in total. The number of benzene rings is 1. The van der Waals surface area contributed by atoms with Crippen LogP contribution in [0.4, 0.5) is 0 Å². The zero-order chi connectivity index (χ0) is 23.9. The van der Waals surface area contributed by atoms with E-state index in [2.05, 4.69) is 19.9 Å². The van der Waals surface area contributed by atoms with Gasteiger partial charge >= 0.3 is 0 Å². The second-order valence-corrected chi connectivity index (χ2v) is 9.91. The normalized spacial score (nSPS) is 14.2. The number of fused-ring (bicyclic) bond motifs is 1. The van der Waals surface area contributed by atoms with Crippen LogP contribution in [0.1, 0.15) is 144 Å². The second kappa shape index (κ2) is 15.8. The number of Topliss-reactive ketones (excluding diaryl/α,β-unsaturated/α-hetero) is 2. The Labute approximate surface area is 202 Å². The summed E-state index contributed by atoms with van der Waals surface area (Å²) in [5, 5.41) is 0. The summed E-state index contributed by atoms with van der Waals surface area (Å²) in [5.74, 6) is 0.0152. The van der Waals surface area contributed by atoms with Gasteiger partial charge in [-0.25, -0.2) is 0 Å². The van der Waals surface area contributed by atoms with Crippen LogP contribution in [0.3, 0.4) is 0 Å². The molecule has 2 heteroatoms. The van der Waals surface area contributed by atoms with Gasteiger partial charge in [0.05, 0.1) is 0 Å². The largest absolute Gasteiger partial charge is 0.289 e. The van der Waals surface area contributed by atoms with E-state index in [1.165, 1.54) is 95.5 Å². The maximum atomic E-state index is 12.8. The number of hydrogen-bond acceptors (Lipinski definition) is 2. The molecule has 33 heavy (non-hydrogen) atoms. The highest BCUT2D eigenvalue weighted by atomic mass is 16.1. The molecule has 0 heterocycles. The molecule has 0 saturated carbocycles. The topological polar surface area (TPSA) is 34.1 Å². The van der Waals surface area contributed by atoms with E-state index in [1.807, 2.05) is 12.1 Å². The Kier molecular flexibility index (Phi) is 13.1. The third-order valence-corrected chi connectivity index (χ3v) is 7.06. The Morgan fingerprint density at radius 3 is 1.67 bits per heavy atom. The van der Waals surface area contributed by atoms with Crippen molar-refractivity contribution in [1.82, 2.24) is 0 Å². The summed E-state index contributed by atoms with van der Waals surface area (Å²) >= 11 is 0. The van der Waals surface area contributed by atoms with E-state index in [0.29, 0.717) is 28.7 Å². The van der Waals surface area contributed by atoms with Crippen molar-refractivity contribution < 1.29 is 9.59 Å². The summed E-state index contributed by atoms with van der Waals surface area (Å²) in [6.07, 6.45) is 23.1. The molecule has 1 aromatic carbocycles. The van der Waals surface area contributed by atoms with E-state index in [4.69, 9.17) is 0 Å². The van der Waals surface area contributed by atoms with E-state index in [-0.39, 0.29) is 11.6 Å². The van der Waals surface area contributed by atoms with Gasteiger partial charge in [0.25, 0.3) is 0 Å². The van der Waals surface area contributed by atoms with Gasteiger partial charge in [-0.2, -0.15) is 0 Å². The summed E-state index contributed by atoms with van der Waals surface area (Å²) in [6.45, 7) is 6.23. The van der Waals surface area contributed by atoms with Crippen LogP contribution in [0.5, 0.6) is 0 Å². The lowest BCUT2D eigenvalue weighted by atomic mass is 9.83. The first-order valence-electron chi connectivity index (χ1n) is 13.6. The van der Waals surface area contributed by atoms with E-state index < -0.39 is 0 Å². The highest BCUT2D eigenvalue weighted by molar-refractivity contribution is 6.26. The highest BCUT2D eigenvalue weighted by Crippen LogP contribution is 2.28. The smallest absolute Gasteiger partial charge is 0.190 e. The van der Waals surface area contributed by atoms with Gasteiger partial charge in [-0.3, -0.25) is 9.59 Å². The van der Waals surface area contributed by atoms with Gasteiger partial charge in [-0.15, -0.1) is 0 Å². The number of carbonyl (C=O) groups excluding carboxylic acids is 2. The fraction of sp³-hybridized carbons (Fsp3) is 0.613. The quantitative estimate of drug-likeness (QED) is 0.175. The minimum atomic E-state index is -0.00164. The molecule has 2 nitrogen and oxygen atoms in total. The molecule has 0 aliphatic heterocycles. The molecular formula is C31H46O2. The maximum absolute atomic E-state index is 12.8. The summed E-state index contributed by atoms with van der Waals surface area (Å²) < 4.78 is 0. The van der Waals surface area contributed by atoms with Crippen molar-refractivity contribution in [3.8, 4) is 0 Å². The van der Waals surface area contributed by atoms with Crippen LogP contribution >= 0.6 is 0 Å². The molecular weight excluding hydrogens is 404 g/mol. The maximum Gasteiger partial charge on any atom is 0.190 e. The minimum absolute atomic E-state index is 0.00164. The Morgan fingerprint density at radius 2 is 1.15 bits per heavy atom. The van der Waals surface area contributed by atoms with Crippen molar-refractivity contribution in [2.45, 2.75) is 124 Å². The molecule has 1 aromatic rings. The first-order valence-corrected chi connectivity index (χ1v) is 13.6. The van der Waals surface area contributed by atoms with Gasteiger partial charge in [0.1, 0.15) is 0 Å². The monoisotopic (exact) mass is 450 g/mol. The lowest BCUT2D eigenvalue weighted by Gasteiger charge is -2.18. The van der Waals surface area contributed by atoms with Gasteiger partial charge < -0.3 is 0 Å².